The van der Waals surface area contributed by atoms with Gasteiger partial charge in [-0.05, 0) is 75.9 Å². The fraction of sp³-hybridized carbons (Fsp3) is 0.483. The van der Waals surface area contributed by atoms with Gasteiger partial charge in [-0.15, -0.1) is 0 Å². The zero-order valence-electron chi connectivity index (χ0n) is 22.0. The first-order chi connectivity index (χ1) is 15.8. The van der Waals surface area contributed by atoms with Crippen molar-refractivity contribution in [1.29, 1.82) is 0 Å². The minimum Gasteiger partial charge on any atom is -0.385 e. The van der Waals surface area contributed by atoms with Crippen LogP contribution in [0.25, 0.3) is 0 Å². The normalized spacial score (nSPS) is 11.8. The number of carbonyl (C=O) groups is 1. The fourth-order valence-corrected chi connectivity index (χ4v) is 3.48. The summed E-state index contributed by atoms with van der Waals surface area (Å²) in [5, 5.41) is 6.09. The lowest BCUT2D eigenvalue weighted by molar-refractivity contribution is -0.115. The monoisotopic (exact) mass is 451 g/mol. The van der Waals surface area contributed by atoms with Crippen LogP contribution in [0.3, 0.4) is 0 Å². The SMILES string of the molecule is C=C(C)N1CCCc2cc(C)ccc21.CCCC.CCNc1ccc(NC(=O)CC)c(C)c1. The molecule has 2 aromatic carbocycles. The molecule has 4 nitrogen and oxygen atoms in total. The van der Waals surface area contributed by atoms with Gasteiger partial charge in [-0.2, -0.15) is 0 Å². The van der Waals surface area contributed by atoms with Gasteiger partial charge in [-0.25, -0.2) is 0 Å². The average Bonchev–Trinajstić information content (AvgIpc) is 2.80. The van der Waals surface area contributed by atoms with Gasteiger partial charge in [-0.1, -0.05) is 57.9 Å². The summed E-state index contributed by atoms with van der Waals surface area (Å²) in [6, 6.07) is 12.6. The number of aryl methyl sites for hydroxylation is 3. The highest BCUT2D eigenvalue weighted by molar-refractivity contribution is 5.91. The molecule has 2 aromatic rings. The molecule has 0 atom stereocenters. The molecule has 0 bridgehead atoms. The third kappa shape index (κ3) is 9.73. The summed E-state index contributed by atoms with van der Waals surface area (Å²) >= 11 is 0. The Morgan fingerprint density at radius 2 is 1.73 bits per heavy atom. The second-order valence-corrected chi connectivity index (χ2v) is 8.58. The molecule has 3 rings (SSSR count). The summed E-state index contributed by atoms with van der Waals surface area (Å²) < 4.78 is 0. The van der Waals surface area contributed by atoms with E-state index in [0.29, 0.717) is 6.42 Å². The number of unbranched alkanes of at least 4 members (excludes halogenated alkanes) is 1. The van der Waals surface area contributed by atoms with E-state index in [1.165, 1.54) is 42.5 Å². The molecule has 1 aliphatic heterocycles. The highest BCUT2D eigenvalue weighted by Gasteiger charge is 2.16. The number of anilines is 3. The van der Waals surface area contributed by atoms with Crippen LogP contribution >= 0.6 is 0 Å². The highest BCUT2D eigenvalue weighted by atomic mass is 16.1. The van der Waals surface area contributed by atoms with Crippen molar-refractivity contribution in [3.05, 3.63) is 65.4 Å². The van der Waals surface area contributed by atoms with E-state index >= 15 is 0 Å². The van der Waals surface area contributed by atoms with E-state index in [9.17, 15) is 4.79 Å². The smallest absolute Gasteiger partial charge is 0.224 e. The average molecular weight is 452 g/mol. The number of carbonyl (C=O) groups excluding carboxylic acids is 1. The molecule has 33 heavy (non-hydrogen) atoms. The van der Waals surface area contributed by atoms with E-state index < -0.39 is 0 Å². The first-order valence-corrected chi connectivity index (χ1v) is 12.4. The first-order valence-electron chi connectivity index (χ1n) is 12.4. The number of hydrogen-bond acceptors (Lipinski definition) is 3. The molecular formula is C29H45N3O. The summed E-state index contributed by atoms with van der Waals surface area (Å²) in [6.07, 6.45) is 5.60. The number of rotatable bonds is 6. The second kappa shape index (κ2) is 15.2. The zero-order chi connectivity index (χ0) is 24.8. The number of nitrogens with zero attached hydrogens (tertiary/aromatic N) is 1. The van der Waals surface area contributed by atoms with Crippen molar-refractivity contribution in [2.45, 2.75) is 80.6 Å². The van der Waals surface area contributed by atoms with Crippen LogP contribution in [0.5, 0.6) is 0 Å². The molecule has 0 spiro atoms. The number of nitrogens with one attached hydrogen (secondary N) is 2. The lowest BCUT2D eigenvalue weighted by atomic mass is 9.99. The number of fused-ring (bicyclic) bond motifs is 1. The lowest BCUT2D eigenvalue weighted by Crippen LogP contribution is -2.27. The Morgan fingerprint density at radius 1 is 1.03 bits per heavy atom. The van der Waals surface area contributed by atoms with E-state index in [2.05, 4.69) is 74.9 Å². The Labute approximate surface area is 202 Å². The molecule has 0 aromatic heterocycles. The summed E-state index contributed by atoms with van der Waals surface area (Å²) in [5.74, 6) is 0.0503. The number of amides is 1. The summed E-state index contributed by atoms with van der Waals surface area (Å²) in [6.45, 7) is 20.5. The highest BCUT2D eigenvalue weighted by Crippen LogP contribution is 2.30. The molecule has 0 saturated heterocycles. The predicted octanol–water partition coefficient (Wildman–Crippen LogP) is 7.86. The van der Waals surface area contributed by atoms with E-state index in [-0.39, 0.29) is 5.91 Å². The van der Waals surface area contributed by atoms with Crippen LogP contribution in [0.4, 0.5) is 17.1 Å². The Hall–Kier alpha value is -2.75. The molecule has 1 heterocycles. The molecule has 4 heteroatoms. The Kier molecular flexibility index (Phi) is 13.0. The molecule has 1 aliphatic rings. The first kappa shape index (κ1) is 28.3. The van der Waals surface area contributed by atoms with Crippen molar-refractivity contribution in [2.75, 3.05) is 28.6 Å². The Morgan fingerprint density at radius 3 is 2.27 bits per heavy atom. The Bertz CT molecular complexity index is 886. The minimum atomic E-state index is 0.0503. The molecule has 182 valence electrons. The van der Waals surface area contributed by atoms with Gasteiger partial charge in [0.2, 0.25) is 5.91 Å². The maximum atomic E-state index is 11.2. The van der Waals surface area contributed by atoms with Crippen LogP contribution < -0.4 is 15.5 Å². The van der Waals surface area contributed by atoms with Crippen LogP contribution in [0.1, 0.15) is 77.0 Å². The van der Waals surface area contributed by atoms with Crippen molar-refractivity contribution in [3.63, 3.8) is 0 Å². The van der Waals surface area contributed by atoms with Crippen molar-refractivity contribution < 1.29 is 4.79 Å². The van der Waals surface area contributed by atoms with Gasteiger partial charge >= 0.3 is 0 Å². The van der Waals surface area contributed by atoms with Gasteiger partial charge in [0.15, 0.2) is 0 Å². The van der Waals surface area contributed by atoms with Crippen LogP contribution in [0.2, 0.25) is 0 Å². The summed E-state index contributed by atoms with van der Waals surface area (Å²) in [4.78, 5) is 13.5. The molecule has 0 unspecified atom stereocenters. The third-order valence-electron chi connectivity index (χ3n) is 5.52. The van der Waals surface area contributed by atoms with Crippen molar-refractivity contribution in [2.24, 2.45) is 0 Å². The van der Waals surface area contributed by atoms with Crippen LogP contribution in [-0.4, -0.2) is 19.0 Å². The van der Waals surface area contributed by atoms with E-state index in [0.717, 1.165) is 35.7 Å². The van der Waals surface area contributed by atoms with Gasteiger partial charge in [0, 0.05) is 42.3 Å². The molecular weight excluding hydrogens is 406 g/mol. The quantitative estimate of drug-likeness (QED) is 0.470. The molecule has 0 radical (unpaired) electrons. The molecule has 0 aliphatic carbocycles. The van der Waals surface area contributed by atoms with E-state index in [1.807, 2.05) is 32.0 Å². The van der Waals surface area contributed by atoms with Gasteiger partial charge < -0.3 is 15.5 Å². The number of allylic oxidation sites excluding steroid dienone is 1. The van der Waals surface area contributed by atoms with Crippen molar-refractivity contribution >= 4 is 23.0 Å². The van der Waals surface area contributed by atoms with E-state index in [4.69, 9.17) is 0 Å². The molecule has 1 amide bonds. The largest absolute Gasteiger partial charge is 0.385 e. The standard InChI is InChI=1S/C13H17N.C12H18N2O.C4H10/c1-10(2)14-8-4-5-12-9-11(3)6-7-13(12)14;1-4-12(15)14-11-7-6-10(13-5-2)8-9(11)3;1-3-4-2/h6-7,9H,1,4-5,8H2,2-3H3;6-8,13H,4-5H2,1-3H3,(H,14,15);3-4H2,1-2H3. The lowest BCUT2D eigenvalue weighted by Gasteiger charge is -2.31. The molecule has 0 fully saturated rings. The maximum Gasteiger partial charge on any atom is 0.224 e. The molecule has 2 N–H and O–H groups in total. The fourth-order valence-electron chi connectivity index (χ4n) is 3.48. The summed E-state index contributed by atoms with van der Waals surface area (Å²) in [5.41, 5.74) is 8.39. The van der Waals surface area contributed by atoms with Crippen molar-refractivity contribution in [1.82, 2.24) is 0 Å². The van der Waals surface area contributed by atoms with E-state index in [1.54, 1.807) is 0 Å². The summed E-state index contributed by atoms with van der Waals surface area (Å²) in [7, 11) is 0. The van der Waals surface area contributed by atoms with Crippen LogP contribution in [-0.2, 0) is 11.2 Å². The third-order valence-corrected chi connectivity index (χ3v) is 5.52. The van der Waals surface area contributed by atoms with Crippen LogP contribution in [0.15, 0.2) is 48.7 Å². The predicted molar refractivity (Wildman–Crippen MR) is 147 cm³/mol. The van der Waals surface area contributed by atoms with Gasteiger partial charge in [0.25, 0.3) is 0 Å². The van der Waals surface area contributed by atoms with Crippen molar-refractivity contribution in [3.8, 4) is 0 Å². The van der Waals surface area contributed by atoms with Gasteiger partial charge in [-0.3, -0.25) is 4.79 Å². The molecule has 0 saturated carbocycles. The maximum absolute atomic E-state index is 11.2. The number of hydrogen-bond donors (Lipinski definition) is 2. The Balaban J connectivity index is 0.000000285. The second-order valence-electron chi connectivity index (χ2n) is 8.58. The van der Waals surface area contributed by atoms with Gasteiger partial charge in [0.05, 0.1) is 0 Å². The number of benzene rings is 2. The zero-order valence-corrected chi connectivity index (χ0v) is 22.0. The van der Waals surface area contributed by atoms with Crippen LogP contribution in [0, 0.1) is 13.8 Å². The van der Waals surface area contributed by atoms with Gasteiger partial charge in [0.1, 0.15) is 0 Å². The minimum absolute atomic E-state index is 0.0503. The topological polar surface area (TPSA) is 44.4 Å².